The SMILES string of the molecule is C=CCN(CC)C(=O)c1ccc(C(=O)O)nc1. The van der Waals surface area contributed by atoms with E-state index in [0.717, 1.165) is 0 Å². The molecule has 0 radical (unpaired) electrons. The van der Waals surface area contributed by atoms with E-state index >= 15 is 0 Å². The summed E-state index contributed by atoms with van der Waals surface area (Å²) in [6.45, 7) is 6.45. The van der Waals surface area contributed by atoms with E-state index in [1.807, 2.05) is 6.92 Å². The van der Waals surface area contributed by atoms with Gasteiger partial charge in [-0.15, -0.1) is 6.58 Å². The number of carbonyl (C=O) groups excluding carboxylic acids is 1. The lowest BCUT2D eigenvalue weighted by molar-refractivity contribution is 0.0688. The van der Waals surface area contributed by atoms with Crippen LogP contribution >= 0.6 is 0 Å². The maximum Gasteiger partial charge on any atom is 0.354 e. The average molecular weight is 234 g/mol. The molecular weight excluding hydrogens is 220 g/mol. The molecule has 1 rings (SSSR count). The molecule has 0 atom stereocenters. The minimum absolute atomic E-state index is 0.0756. The van der Waals surface area contributed by atoms with Gasteiger partial charge in [0.1, 0.15) is 5.69 Å². The predicted molar refractivity (Wildman–Crippen MR) is 63.0 cm³/mol. The molecule has 1 heterocycles. The summed E-state index contributed by atoms with van der Waals surface area (Å²) in [4.78, 5) is 27.8. The lowest BCUT2D eigenvalue weighted by Crippen LogP contribution is -2.31. The molecule has 0 aliphatic rings. The fourth-order valence-corrected chi connectivity index (χ4v) is 1.34. The van der Waals surface area contributed by atoms with Crippen LogP contribution in [-0.2, 0) is 0 Å². The van der Waals surface area contributed by atoms with Crippen molar-refractivity contribution >= 4 is 11.9 Å². The normalized spacial score (nSPS) is 9.71. The molecule has 0 aliphatic carbocycles. The zero-order valence-electron chi connectivity index (χ0n) is 9.59. The lowest BCUT2D eigenvalue weighted by atomic mass is 10.2. The summed E-state index contributed by atoms with van der Waals surface area (Å²) in [5.74, 6) is -1.29. The third-order valence-corrected chi connectivity index (χ3v) is 2.25. The molecule has 1 N–H and O–H groups in total. The zero-order chi connectivity index (χ0) is 12.8. The van der Waals surface area contributed by atoms with Gasteiger partial charge in [0.15, 0.2) is 0 Å². The molecule has 0 bridgehead atoms. The Morgan fingerprint density at radius 1 is 1.53 bits per heavy atom. The Morgan fingerprint density at radius 2 is 2.24 bits per heavy atom. The molecule has 5 nitrogen and oxygen atoms in total. The number of carbonyl (C=O) groups is 2. The first-order valence-electron chi connectivity index (χ1n) is 5.19. The van der Waals surface area contributed by atoms with Crippen LogP contribution in [0.4, 0.5) is 0 Å². The Balaban J connectivity index is 2.88. The van der Waals surface area contributed by atoms with Gasteiger partial charge in [0.25, 0.3) is 5.91 Å². The summed E-state index contributed by atoms with van der Waals surface area (Å²) in [7, 11) is 0. The first-order chi connectivity index (χ1) is 8.10. The summed E-state index contributed by atoms with van der Waals surface area (Å²) < 4.78 is 0. The lowest BCUT2D eigenvalue weighted by Gasteiger charge is -2.18. The second-order valence-corrected chi connectivity index (χ2v) is 3.37. The molecule has 0 unspecified atom stereocenters. The molecule has 5 heteroatoms. The first-order valence-corrected chi connectivity index (χ1v) is 5.19. The van der Waals surface area contributed by atoms with Crippen LogP contribution in [0.5, 0.6) is 0 Å². The van der Waals surface area contributed by atoms with Gasteiger partial charge in [0.2, 0.25) is 0 Å². The molecule has 90 valence electrons. The Labute approximate surface area is 99.4 Å². The van der Waals surface area contributed by atoms with E-state index in [1.165, 1.54) is 18.3 Å². The topological polar surface area (TPSA) is 70.5 Å². The van der Waals surface area contributed by atoms with Crippen LogP contribution in [0.3, 0.4) is 0 Å². The number of aromatic carboxylic acids is 1. The highest BCUT2D eigenvalue weighted by molar-refractivity contribution is 5.95. The molecule has 0 aromatic carbocycles. The second kappa shape index (κ2) is 5.79. The first kappa shape index (κ1) is 12.9. The van der Waals surface area contributed by atoms with E-state index in [9.17, 15) is 9.59 Å². The Kier molecular flexibility index (Phi) is 4.39. The third kappa shape index (κ3) is 3.14. The highest BCUT2D eigenvalue weighted by Crippen LogP contribution is 2.05. The van der Waals surface area contributed by atoms with Gasteiger partial charge >= 0.3 is 5.97 Å². The maximum atomic E-state index is 11.9. The molecule has 0 spiro atoms. The van der Waals surface area contributed by atoms with Crippen LogP contribution in [-0.4, -0.2) is 40.0 Å². The summed E-state index contributed by atoms with van der Waals surface area (Å²) in [6, 6.07) is 2.78. The van der Waals surface area contributed by atoms with Crippen LogP contribution < -0.4 is 0 Å². The smallest absolute Gasteiger partial charge is 0.354 e. The summed E-state index contributed by atoms with van der Waals surface area (Å²) in [5, 5.41) is 8.68. The van der Waals surface area contributed by atoms with Crippen LogP contribution in [0.15, 0.2) is 31.0 Å². The number of carboxylic acid groups (broad SMARTS) is 1. The Hall–Kier alpha value is -2.17. The van der Waals surface area contributed by atoms with Crippen molar-refractivity contribution in [1.82, 2.24) is 9.88 Å². The molecule has 0 saturated carbocycles. The van der Waals surface area contributed by atoms with Crippen LogP contribution in [0.25, 0.3) is 0 Å². The predicted octanol–water partition coefficient (Wildman–Crippen LogP) is 1.43. The van der Waals surface area contributed by atoms with Gasteiger partial charge in [-0.05, 0) is 19.1 Å². The van der Waals surface area contributed by atoms with Crippen molar-refractivity contribution < 1.29 is 14.7 Å². The summed E-state index contributed by atoms with van der Waals surface area (Å²) in [5.41, 5.74) is 0.298. The van der Waals surface area contributed by atoms with E-state index < -0.39 is 5.97 Å². The number of aromatic nitrogens is 1. The van der Waals surface area contributed by atoms with E-state index in [1.54, 1.807) is 11.0 Å². The number of hydrogen-bond acceptors (Lipinski definition) is 3. The van der Waals surface area contributed by atoms with Crippen LogP contribution in [0.1, 0.15) is 27.8 Å². The van der Waals surface area contributed by atoms with Crippen molar-refractivity contribution in [2.45, 2.75) is 6.92 Å². The van der Waals surface area contributed by atoms with Gasteiger partial charge < -0.3 is 10.0 Å². The minimum Gasteiger partial charge on any atom is -0.477 e. The number of rotatable bonds is 5. The van der Waals surface area contributed by atoms with Gasteiger partial charge in [-0.3, -0.25) is 4.79 Å². The van der Waals surface area contributed by atoms with Crippen molar-refractivity contribution in [3.63, 3.8) is 0 Å². The molecule has 0 saturated heterocycles. The van der Waals surface area contributed by atoms with E-state index in [4.69, 9.17) is 5.11 Å². The number of pyridine rings is 1. The fraction of sp³-hybridized carbons (Fsp3) is 0.250. The van der Waals surface area contributed by atoms with Crippen molar-refractivity contribution in [2.24, 2.45) is 0 Å². The van der Waals surface area contributed by atoms with Gasteiger partial charge in [0, 0.05) is 19.3 Å². The van der Waals surface area contributed by atoms with E-state index in [-0.39, 0.29) is 11.6 Å². The van der Waals surface area contributed by atoms with E-state index in [2.05, 4.69) is 11.6 Å². The highest BCUT2D eigenvalue weighted by Gasteiger charge is 2.14. The number of likely N-dealkylation sites (N-methyl/N-ethyl adjacent to an activating group) is 1. The number of hydrogen-bond donors (Lipinski definition) is 1. The van der Waals surface area contributed by atoms with E-state index in [0.29, 0.717) is 18.7 Å². The number of nitrogens with zero attached hydrogens (tertiary/aromatic N) is 2. The minimum atomic E-state index is -1.11. The molecule has 1 aromatic heterocycles. The second-order valence-electron chi connectivity index (χ2n) is 3.37. The average Bonchev–Trinajstić information content (AvgIpc) is 2.35. The van der Waals surface area contributed by atoms with Crippen LogP contribution in [0, 0.1) is 0 Å². The Morgan fingerprint density at radius 3 is 2.65 bits per heavy atom. The molecule has 1 aromatic rings. The largest absolute Gasteiger partial charge is 0.477 e. The molecule has 1 amide bonds. The van der Waals surface area contributed by atoms with Gasteiger partial charge in [-0.25, -0.2) is 9.78 Å². The van der Waals surface area contributed by atoms with Gasteiger partial charge in [-0.2, -0.15) is 0 Å². The van der Waals surface area contributed by atoms with Gasteiger partial charge in [0.05, 0.1) is 5.56 Å². The third-order valence-electron chi connectivity index (χ3n) is 2.25. The highest BCUT2D eigenvalue weighted by atomic mass is 16.4. The van der Waals surface area contributed by atoms with Crippen molar-refractivity contribution in [3.05, 3.63) is 42.2 Å². The number of carboxylic acids is 1. The van der Waals surface area contributed by atoms with Crippen molar-refractivity contribution in [1.29, 1.82) is 0 Å². The maximum absolute atomic E-state index is 11.9. The molecule has 0 aliphatic heterocycles. The molecular formula is C12H14N2O3. The molecule has 17 heavy (non-hydrogen) atoms. The molecule has 0 fully saturated rings. The van der Waals surface area contributed by atoms with Gasteiger partial charge in [-0.1, -0.05) is 6.08 Å². The summed E-state index contributed by atoms with van der Waals surface area (Å²) in [6.07, 6.45) is 2.91. The quantitative estimate of drug-likeness (QED) is 0.782. The van der Waals surface area contributed by atoms with Crippen molar-refractivity contribution in [2.75, 3.05) is 13.1 Å². The van der Waals surface area contributed by atoms with Crippen LogP contribution in [0.2, 0.25) is 0 Å². The Bertz CT molecular complexity index is 426. The standard InChI is InChI=1S/C12H14N2O3/c1-3-7-14(4-2)11(15)9-5-6-10(12(16)17)13-8-9/h3,5-6,8H,1,4,7H2,2H3,(H,16,17). The van der Waals surface area contributed by atoms with Crippen molar-refractivity contribution in [3.8, 4) is 0 Å². The summed E-state index contributed by atoms with van der Waals surface area (Å²) >= 11 is 0. The fourth-order valence-electron chi connectivity index (χ4n) is 1.34. The zero-order valence-corrected chi connectivity index (χ0v) is 9.59. The number of amides is 1. The monoisotopic (exact) mass is 234 g/mol.